The molecular formula is C22H27BO6. The summed E-state index contributed by atoms with van der Waals surface area (Å²) in [4.78, 5) is 11.5. The van der Waals surface area contributed by atoms with Gasteiger partial charge in [-0.05, 0) is 44.9 Å². The van der Waals surface area contributed by atoms with Gasteiger partial charge in [0.1, 0.15) is 18.1 Å². The average Bonchev–Trinajstić information content (AvgIpc) is 2.86. The Kier molecular flexibility index (Phi) is 5.91. The lowest BCUT2D eigenvalue weighted by Gasteiger charge is -2.32. The van der Waals surface area contributed by atoms with E-state index < -0.39 is 30.1 Å². The Labute approximate surface area is 171 Å². The monoisotopic (exact) mass is 398 g/mol. The maximum absolute atomic E-state index is 11.5. The predicted octanol–water partition coefficient (Wildman–Crippen LogP) is 4.16. The molecule has 2 aromatic carbocycles. The van der Waals surface area contributed by atoms with E-state index in [0.29, 0.717) is 17.9 Å². The third-order valence-electron chi connectivity index (χ3n) is 5.64. The van der Waals surface area contributed by atoms with Gasteiger partial charge in [-0.15, -0.1) is 0 Å². The van der Waals surface area contributed by atoms with Crippen LogP contribution < -0.4 is 4.74 Å². The van der Waals surface area contributed by atoms with Gasteiger partial charge in [0.25, 0.3) is 0 Å². The van der Waals surface area contributed by atoms with Gasteiger partial charge in [0, 0.05) is 11.9 Å². The van der Waals surface area contributed by atoms with Crippen molar-refractivity contribution in [3.05, 3.63) is 59.7 Å². The highest BCUT2D eigenvalue weighted by molar-refractivity contribution is 6.48. The van der Waals surface area contributed by atoms with Crippen molar-refractivity contribution >= 4 is 13.1 Å². The maximum atomic E-state index is 11.5. The Morgan fingerprint density at radius 3 is 2.24 bits per heavy atom. The first kappa shape index (κ1) is 21.2. The van der Waals surface area contributed by atoms with Gasteiger partial charge in [0.15, 0.2) is 0 Å². The molecule has 7 heteroatoms. The van der Waals surface area contributed by atoms with Crippen molar-refractivity contribution < 1.29 is 29.1 Å². The van der Waals surface area contributed by atoms with Crippen molar-refractivity contribution in [3.8, 4) is 11.5 Å². The molecule has 1 saturated heterocycles. The van der Waals surface area contributed by atoms with Crippen LogP contribution in [0.1, 0.15) is 51.1 Å². The number of carboxylic acids is 1. The average molecular weight is 398 g/mol. The van der Waals surface area contributed by atoms with Crippen LogP contribution in [0.3, 0.4) is 0 Å². The van der Waals surface area contributed by atoms with E-state index in [2.05, 4.69) is 0 Å². The molecule has 0 bridgehead atoms. The summed E-state index contributed by atoms with van der Waals surface area (Å²) in [6.45, 7) is 8.00. The molecule has 1 aliphatic heterocycles. The first-order valence-corrected chi connectivity index (χ1v) is 9.66. The number of aliphatic carboxylic acids is 1. The van der Waals surface area contributed by atoms with Gasteiger partial charge in [-0.25, -0.2) is 0 Å². The molecule has 0 amide bonds. The van der Waals surface area contributed by atoms with E-state index in [1.807, 2.05) is 58.0 Å². The number of carbonyl (C=O) groups is 1. The molecule has 0 radical (unpaired) electrons. The molecule has 1 unspecified atom stereocenters. The summed E-state index contributed by atoms with van der Waals surface area (Å²) in [5.74, 6) is -1.19. The van der Waals surface area contributed by atoms with Crippen molar-refractivity contribution in [1.82, 2.24) is 0 Å². The number of hydrogen-bond donors (Lipinski definition) is 2. The zero-order valence-corrected chi connectivity index (χ0v) is 17.2. The van der Waals surface area contributed by atoms with Gasteiger partial charge in [0.2, 0.25) is 0 Å². The molecule has 154 valence electrons. The number of hydrogen-bond acceptors (Lipinski definition) is 5. The molecule has 1 aliphatic rings. The molecule has 29 heavy (non-hydrogen) atoms. The first-order valence-electron chi connectivity index (χ1n) is 9.66. The minimum atomic E-state index is -0.992. The standard InChI is InChI=1S/C22H27BO6/c1-21(2)22(3,4)29-23(28-21)18(13-20(25)26)17-11-10-16(12-19(17)24)27-14-15-8-6-5-7-9-15/h5-12,18,24H,13-14H2,1-4H3,(H,25,26). The van der Waals surface area contributed by atoms with Gasteiger partial charge in [-0.1, -0.05) is 36.4 Å². The van der Waals surface area contributed by atoms with Crippen LogP contribution in [0, 0.1) is 0 Å². The smallest absolute Gasteiger partial charge is 0.466 e. The molecular weight excluding hydrogens is 371 g/mol. The summed E-state index contributed by atoms with van der Waals surface area (Å²) in [7, 11) is -0.780. The van der Waals surface area contributed by atoms with Gasteiger partial charge in [-0.2, -0.15) is 0 Å². The molecule has 0 saturated carbocycles. The largest absolute Gasteiger partial charge is 0.508 e. The number of phenolic OH excluding ortho intramolecular Hbond substituents is 1. The van der Waals surface area contributed by atoms with Crippen molar-refractivity contribution in [3.63, 3.8) is 0 Å². The van der Waals surface area contributed by atoms with Crippen molar-refractivity contribution in [2.24, 2.45) is 0 Å². The van der Waals surface area contributed by atoms with Gasteiger partial charge < -0.3 is 24.3 Å². The highest BCUT2D eigenvalue weighted by Gasteiger charge is 2.54. The lowest BCUT2D eigenvalue weighted by atomic mass is 9.66. The fourth-order valence-corrected chi connectivity index (χ4v) is 3.26. The Morgan fingerprint density at radius 2 is 1.69 bits per heavy atom. The number of rotatable bonds is 7. The van der Waals surface area contributed by atoms with Crippen LogP contribution in [0.4, 0.5) is 0 Å². The fraction of sp³-hybridized carbons (Fsp3) is 0.409. The molecule has 0 aliphatic carbocycles. The molecule has 6 nitrogen and oxygen atoms in total. The highest BCUT2D eigenvalue weighted by Crippen LogP contribution is 2.43. The molecule has 0 aromatic heterocycles. The van der Waals surface area contributed by atoms with Crippen LogP contribution in [-0.4, -0.2) is 34.5 Å². The molecule has 2 aromatic rings. The van der Waals surface area contributed by atoms with Crippen LogP contribution in [0.2, 0.25) is 0 Å². The van der Waals surface area contributed by atoms with Crippen LogP contribution in [0.25, 0.3) is 0 Å². The number of phenols is 1. The third-order valence-corrected chi connectivity index (χ3v) is 5.64. The molecule has 3 rings (SSSR count). The molecule has 1 atom stereocenters. The second-order valence-corrected chi connectivity index (χ2v) is 8.32. The van der Waals surface area contributed by atoms with E-state index in [1.54, 1.807) is 12.1 Å². The zero-order valence-electron chi connectivity index (χ0n) is 17.2. The summed E-state index contributed by atoms with van der Waals surface area (Å²) in [5.41, 5.74) is 0.279. The minimum absolute atomic E-state index is 0.0449. The normalized spacial score (nSPS) is 18.4. The summed E-state index contributed by atoms with van der Waals surface area (Å²) in [5, 5.41) is 20.0. The van der Waals surface area contributed by atoms with Crippen molar-refractivity contribution in [1.29, 1.82) is 0 Å². The third kappa shape index (κ3) is 4.74. The Balaban J connectivity index is 1.80. The van der Waals surface area contributed by atoms with Gasteiger partial charge >= 0.3 is 13.1 Å². The van der Waals surface area contributed by atoms with Gasteiger partial charge in [0.05, 0.1) is 17.6 Å². The fourth-order valence-electron chi connectivity index (χ4n) is 3.26. The topological polar surface area (TPSA) is 85.2 Å². The number of aromatic hydroxyl groups is 1. The summed E-state index contributed by atoms with van der Waals surface area (Å²) >= 11 is 0. The predicted molar refractivity (Wildman–Crippen MR) is 110 cm³/mol. The van der Waals surface area contributed by atoms with E-state index >= 15 is 0 Å². The van der Waals surface area contributed by atoms with E-state index in [0.717, 1.165) is 5.56 Å². The SMILES string of the molecule is CC1(C)OB(C(CC(=O)O)c2ccc(OCc3ccccc3)cc2O)OC1(C)C. The zero-order chi connectivity index (χ0) is 21.2. The van der Waals surface area contributed by atoms with Crippen molar-refractivity contribution in [2.75, 3.05) is 0 Å². The van der Waals surface area contributed by atoms with E-state index in [-0.39, 0.29) is 12.2 Å². The summed E-state index contributed by atoms with van der Waals surface area (Å²) in [6, 6.07) is 14.6. The maximum Gasteiger partial charge on any atom is 0.466 e. The van der Waals surface area contributed by atoms with Gasteiger partial charge in [-0.3, -0.25) is 4.79 Å². The Hall–Kier alpha value is -2.51. The van der Waals surface area contributed by atoms with Crippen LogP contribution in [-0.2, 0) is 20.7 Å². The van der Waals surface area contributed by atoms with E-state index in [1.165, 1.54) is 6.07 Å². The first-order chi connectivity index (χ1) is 13.6. The second-order valence-electron chi connectivity index (χ2n) is 8.32. The molecule has 0 spiro atoms. The van der Waals surface area contributed by atoms with E-state index in [9.17, 15) is 15.0 Å². The van der Waals surface area contributed by atoms with Crippen molar-refractivity contribution in [2.45, 2.75) is 57.7 Å². The molecule has 1 heterocycles. The minimum Gasteiger partial charge on any atom is -0.508 e. The Bertz CT molecular complexity index is 849. The lowest BCUT2D eigenvalue weighted by molar-refractivity contribution is -0.137. The second kappa shape index (κ2) is 8.09. The van der Waals surface area contributed by atoms with Crippen LogP contribution in [0.5, 0.6) is 11.5 Å². The molecule has 2 N–H and O–H groups in total. The highest BCUT2D eigenvalue weighted by atomic mass is 16.7. The molecule has 1 fully saturated rings. The lowest BCUT2D eigenvalue weighted by Crippen LogP contribution is -2.41. The summed E-state index contributed by atoms with van der Waals surface area (Å²) < 4.78 is 17.8. The van der Waals surface area contributed by atoms with E-state index in [4.69, 9.17) is 14.0 Å². The number of ether oxygens (including phenoxy) is 1. The number of carboxylic acid groups (broad SMARTS) is 1. The van der Waals surface area contributed by atoms with Crippen LogP contribution >= 0.6 is 0 Å². The Morgan fingerprint density at radius 1 is 1.07 bits per heavy atom. The number of benzene rings is 2. The van der Waals surface area contributed by atoms with Crippen LogP contribution in [0.15, 0.2) is 48.5 Å². The summed E-state index contributed by atoms with van der Waals surface area (Å²) in [6.07, 6.45) is -0.228. The quantitative estimate of drug-likeness (QED) is 0.682.